The van der Waals surface area contributed by atoms with Crippen LogP contribution in [-0.4, -0.2) is 30.9 Å². The van der Waals surface area contributed by atoms with Gasteiger partial charge >= 0.3 is 11.9 Å². The van der Waals surface area contributed by atoms with Gasteiger partial charge in [-0.25, -0.2) is 4.79 Å². The summed E-state index contributed by atoms with van der Waals surface area (Å²) in [6.07, 6.45) is 1.02. The smallest absolute Gasteiger partial charge is 0.337 e. The van der Waals surface area contributed by atoms with Gasteiger partial charge in [-0.15, -0.1) is 0 Å². The zero-order chi connectivity index (χ0) is 20.0. The molecule has 144 valence electrons. The molecule has 0 spiro atoms. The van der Waals surface area contributed by atoms with Crippen LogP contribution in [0.1, 0.15) is 50.4 Å². The van der Waals surface area contributed by atoms with Gasteiger partial charge in [0.25, 0.3) is 0 Å². The summed E-state index contributed by atoms with van der Waals surface area (Å²) in [6.45, 7) is 5.30. The average Bonchev–Trinajstić information content (AvgIpc) is 2.59. The number of esters is 2. The Hall–Kier alpha value is -2.70. The van der Waals surface area contributed by atoms with Gasteiger partial charge in [0.1, 0.15) is 5.75 Å². The van der Waals surface area contributed by atoms with Crippen LogP contribution in [0.25, 0.3) is 0 Å². The first kappa shape index (κ1) is 19.1. The topological polar surface area (TPSA) is 98.8 Å². The van der Waals surface area contributed by atoms with Crippen molar-refractivity contribution in [3.05, 3.63) is 29.8 Å². The minimum absolute atomic E-state index is 0.288. The van der Waals surface area contributed by atoms with Crippen molar-refractivity contribution in [2.75, 3.05) is 7.11 Å². The molecule has 2 bridgehead atoms. The van der Waals surface area contributed by atoms with E-state index in [1.54, 1.807) is 20.8 Å². The number of amides is 2. The molecule has 0 aromatic heterocycles. The van der Waals surface area contributed by atoms with Gasteiger partial charge in [-0.05, 0) is 50.5 Å². The number of piperidine rings is 1. The molecule has 1 N–H and O–H groups in total. The largest absolute Gasteiger partial charge is 0.465 e. The second kappa shape index (κ2) is 6.18. The van der Waals surface area contributed by atoms with Crippen molar-refractivity contribution >= 4 is 23.8 Å². The molecule has 1 saturated carbocycles. The summed E-state index contributed by atoms with van der Waals surface area (Å²) in [5, 5.41) is 2.44. The number of hydrogen-bond donors (Lipinski definition) is 1. The van der Waals surface area contributed by atoms with Crippen LogP contribution in [-0.2, 0) is 19.1 Å². The lowest BCUT2D eigenvalue weighted by molar-refractivity contribution is -0.169. The molecule has 1 heterocycles. The molecule has 1 aromatic rings. The van der Waals surface area contributed by atoms with Crippen LogP contribution >= 0.6 is 0 Å². The summed E-state index contributed by atoms with van der Waals surface area (Å²) >= 11 is 0. The Balaban J connectivity index is 1.82. The van der Waals surface area contributed by atoms with Crippen molar-refractivity contribution in [3.63, 3.8) is 0 Å². The van der Waals surface area contributed by atoms with E-state index in [2.05, 4.69) is 10.1 Å². The van der Waals surface area contributed by atoms with Gasteiger partial charge < -0.3 is 9.47 Å². The molecule has 0 radical (unpaired) electrons. The molecule has 7 nitrogen and oxygen atoms in total. The van der Waals surface area contributed by atoms with Gasteiger partial charge in [-0.2, -0.15) is 0 Å². The lowest BCUT2D eigenvalue weighted by atomic mass is 9.52. The quantitative estimate of drug-likeness (QED) is 0.496. The van der Waals surface area contributed by atoms with E-state index in [1.165, 1.54) is 31.4 Å². The first-order valence-corrected chi connectivity index (χ1v) is 8.78. The van der Waals surface area contributed by atoms with Crippen LogP contribution in [0.4, 0.5) is 0 Å². The Bertz CT molecular complexity index is 801. The molecule has 2 atom stereocenters. The normalized spacial score (nSPS) is 32.4. The summed E-state index contributed by atoms with van der Waals surface area (Å²) in [7, 11) is 1.29. The lowest BCUT2D eigenvalue weighted by Gasteiger charge is -2.52. The molecule has 1 aromatic carbocycles. The zero-order valence-electron chi connectivity index (χ0n) is 15.9. The number of fused-ring (bicyclic) bond motifs is 2. The van der Waals surface area contributed by atoms with Crippen molar-refractivity contribution in [2.24, 2.45) is 16.2 Å². The summed E-state index contributed by atoms with van der Waals surface area (Å²) in [5.41, 5.74) is -2.23. The summed E-state index contributed by atoms with van der Waals surface area (Å²) < 4.78 is 10.2. The summed E-state index contributed by atoms with van der Waals surface area (Å²) in [6, 6.07) is 6.04. The Labute approximate surface area is 157 Å². The van der Waals surface area contributed by atoms with Crippen molar-refractivity contribution in [2.45, 2.75) is 40.0 Å². The lowest BCUT2D eigenvalue weighted by Crippen LogP contribution is -2.63. The van der Waals surface area contributed by atoms with E-state index in [0.717, 1.165) is 0 Å². The maximum Gasteiger partial charge on any atom is 0.337 e. The van der Waals surface area contributed by atoms with Gasteiger partial charge in [0, 0.05) is 10.8 Å². The minimum Gasteiger partial charge on any atom is -0.465 e. The fourth-order valence-electron chi connectivity index (χ4n) is 4.65. The highest BCUT2D eigenvalue weighted by Crippen LogP contribution is 2.56. The van der Waals surface area contributed by atoms with Crippen molar-refractivity contribution in [1.82, 2.24) is 5.32 Å². The molecule has 2 amide bonds. The van der Waals surface area contributed by atoms with Crippen molar-refractivity contribution in [3.8, 4) is 5.75 Å². The number of methoxy groups -OCH3 is 1. The number of ether oxygens (including phenoxy) is 2. The minimum atomic E-state index is -0.976. The molecule has 1 aliphatic carbocycles. The van der Waals surface area contributed by atoms with E-state index in [1.807, 2.05) is 0 Å². The van der Waals surface area contributed by atoms with Crippen LogP contribution in [0.15, 0.2) is 24.3 Å². The maximum absolute atomic E-state index is 12.9. The number of imide groups is 1. The number of carbonyl (C=O) groups excluding carboxylic acids is 4. The molecule has 7 heteroatoms. The molecule has 1 saturated heterocycles. The third-order valence-electron chi connectivity index (χ3n) is 5.64. The van der Waals surface area contributed by atoms with E-state index in [-0.39, 0.29) is 17.6 Å². The van der Waals surface area contributed by atoms with E-state index in [0.29, 0.717) is 24.8 Å². The Kier molecular flexibility index (Phi) is 4.37. The molecule has 3 rings (SSSR count). The van der Waals surface area contributed by atoms with Gasteiger partial charge in [-0.1, -0.05) is 13.8 Å². The summed E-state index contributed by atoms with van der Waals surface area (Å²) in [4.78, 5) is 49.1. The van der Waals surface area contributed by atoms with Crippen LogP contribution in [0.3, 0.4) is 0 Å². The first-order valence-electron chi connectivity index (χ1n) is 8.78. The molecule has 2 unspecified atom stereocenters. The number of nitrogens with one attached hydrogen (secondary N) is 1. The predicted molar refractivity (Wildman–Crippen MR) is 94.7 cm³/mol. The fourth-order valence-corrected chi connectivity index (χ4v) is 4.65. The predicted octanol–water partition coefficient (Wildman–Crippen LogP) is 2.24. The Morgan fingerprint density at radius 3 is 1.93 bits per heavy atom. The highest BCUT2D eigenvalue weighted by atomic mass is 16.5. The van der Waals surface area contributed by atoms with Crippen molar-refractivity contribution < 1.29 is 28.7 Å². The number of rotatable bonds is 3. The molecular formula is C20H23NO6. The van der Waals surface area contributed by atoms with E-state index < -0.39 is 28.2 Å². The fraction of sp³-hybridized carbons (Fsp3) is 0.500. The van der Waals surface area contributed by atoms with E-state index in [9.17, 15) is 19.2 Å². The van der Waals surface area contributed by atoms with Crippen LogP contribution in [0.5, 0.6) is 5.75 Å². The average molecular weight is 373 g/mol. The zero-order valence-corrected chi connectivity index (χ0v) is 15.9. The Morgan fingerprint density at radius 1 is 0.926 bits per heavy atom. The monoisotopic (exact) mass is 373 g/mol. The van der Waals surface area contributed by atoms with E-state index in [4.69, 9.17) is 4.74 Å². The van der Waals surface area contributed by atoms with Gasteiger partial charge in [0.2, 0.25) is 11.8 Å². The number of hydrogen-bond acceptors (Lipinski definition) is 6. The third-order valence-corrected chi connectivity index (χ3v) is 5.64. The van der Waals surface area contributed by atoms with Gasteiger partial charge in [-0.3, -0.25) is 19.7 Å². The standard InChI is InChI=1S/C20H23NO6/c1-18-9-19(2,16(24)21-15(18)23)11-20(3,10-18)17(25)27-13-7-5-12(6-8-13)14(22)26-4/h5-8H,9-11H2,1-4H3,(H,21,23,24). The van der Waals surface area contributed by atoms with E-state index >= 15 is 0 Å². The number of carbonyl (C=O) groups is 4. The first-order chi connectivity index (χ1) is 12.5. The number of benzene rings is 1. The van der Waals surface area contributed by atoms with Gasteiger partial charge in [0.05, 0.1) is 18.1 Å². The Morgan fingerprint density at radius 2 is 1.44 bits per heavy atom. The molecule has 2 aliphatic rings. The second-order valence-corrected chi connectivity index (χ2v) is 8.40. The molecular weight excluding hydrogens is 350 g/mol. The van der Waals surface area contributed by atoms with Crippen LogP contribution < -0.4 is 10.1 Å². The SMILES string of the molecule is COC(=O)c1ccc(OC(=O)C2(C)CC3(C)CC(C)(C2)C(=O)NC3=O)cc1. The third kappa shape index (κ3) is 3.22. The molecule has 27 heavy (non-hydrogen) atoms. The highest BCUT2D eigenvalue weighted by molar-refractivity contribution is 6.04. The van der Waals surface area contributed by atoms with Crippen molar-refractivity contribution in [1.29, 1.82) is 0 Å². The molecule has 2 fully saturated rings. The van der Waals surface area contributed by atoms with Gasteiger partial charge in [0.15, 0.2) is 0 Å². The maximum atomic E-state index is 12.9. The summed E-state index contributed by atoms with van der Waals surface area (Å²) in [5.74, 6) is -1.37. The molecule has 1 aliphatic heterocycles. The van der Waals surface area contributed by atoms with Crippen LogP contribution in [0.2, 0.25) is 0 Å². The van der Waals surface area contributed by atoms with Crippen LogP contribution in [0, 0.1) is 16.2 Å². The highest BCUT2D eigenvalue weighted by Gasteiger charge is 2.61. The second-order valence-electron chi connectivity index (χ2n) is 8.40.